The minimum Gasteiger partial charge on any atom is -0.454 e. The summed E-state index contributed by atoms with van der Waals surface area (Å²) in [6.45, 7) is 0. The van der Waals surface area contributed by atoms with E-state index in [-0.39, 0.29) is 0 Å². The minimum atomic E-state index is 0.753. The van der Waals surface area contributed by atoms with Crippen LogP contribution in [-0.2, 0) is 0 Å². The number of hydrogen-bond donors (Lipinski definition) is 0. The van der Waals surface area contributed by atoms with Gasteiger partial charge in [0.1, 0.15) is 11.5 Å². The lowest BCUT2D eigenvalue weighted by Gasteiger charge is -2.29. The van der Waals surface area contributed by atoms with Crippen molar-refractivity contribution >= 4 is 11.1 Å². The van der Waals surface area contributed by atoms with Gasteiger partial charge in [0.15, 0.2) is 11.5 Å². The van der Waals surface area contributed by atoms with Crippen molar-refractivity contribution in [3.8, 4) is 23.0 Å². The molecule has 0 saturated carbocycles. The van der Waals surface area contributed by atoms with Crippen LogP contribution in [0.3, 0.4) is 0 Å². The molecule has 4 nitrogen and oxygen atoms in total. The molecule has 0 bridgehead atoms. The molecule has 0 amide bonds. The highest BCUT2D eigenvalue weighted by atomic mass is 16.5. The Bertz CT molecular complexity index is 1080. The van der Waals surface area contributed by atoms with E-state index < -0.39 is 0 Å². The third kappa shape index (κ3) is 2.12. The van der Waals surface area contributed by atoms with Gasteiger partial charge in [-0.2, -0.15) is 0 Å². The van der Waals surface area contributed by atoms with E-state index in [1.807, 2.05) is 48.5 Å². The Morgan fingerprint density at radius 3 is 1.39 bits per heavy atom. The Balaban J connectivity index is 1.80. The lowest BCUT2D eigenvalue weighted by atomic mass is 9.83. The highest BCUT2D eigenvalue weighted by Crippen LogP contribution is 2.52. The number of benzene rings is 2. The van der Waals surface area contributed by atoms with Gasteiger partial charge in [-0.3, -0.25) is 9.97 Å². The molecule has 0 fully saturated rings. The molecule has 0 N–H and O–H groups in total. The number of fused-ring (bicyclic) bond motifs is 4. The quantitative estimate of drug-likeness (QED) is 0.348. The lowest BCUT2D eigenvalue weighted by molar-refractivity contribution is 0.469. The molecule has 4 aromatic rings. The van der Waals surface area contributed by atoms with E-state index in [0.29, 0.717) is 0 Å². The van der Waals surface area contributed by atoms with Gasteiger partial charge in [0.25, 0.3) is 0 Å². The lowest BCUT2D eigenvalue weighted by Crippen LogP contribution is -2.09. The van der Waals surface area contributed by atoms with Gasteiger partial charge in [-0.25, -0.2) is 0 Å². The van der Waals surface area contributed by atoms with Gasteiger partial charge < -0.3 is 9.47 Å². The van der Waals surface area contributed by atoms with Crippen molar-refractivity contribution in [2.75, 3.05) is 0 Å². The Hall–Kier alpha value is -3.92. The molecule has 4 heterocycles. The fourth-order valence-electron chi connectivity index (χ4n) is 3.93. The number of pyridine rings is 2. The van der Waals surface area contributed by atoms with Crippen molar-refractivity contribution in [2.24, 2.45) is 0 Å². The smallest absolute Gasteiger partial charge is 0.153 e. The number of rotatable bonds is 0. The molecule has 0 aliphatic carbocycles. The van der Waals surface area contributed by atoms with E-state index in [0.717, 1.165) is 56.4 Å². The maximum atomic E-state index is 6.13. The summed E-state index contributed by atoms with van der Waals surface area (Å²) in [5.41, 5.74) is 6.36. The number of hydrogen-bond acceptors (Lipinski definition) is 4. The molecule has 0 radical (unpaired) electrons. The van der Waals surface area contributed by atoms with E-state index in [1.165, 1.54) is 0 Å². The summed E-state index contributed by atoms with van der Waals surface area (Å²) in [6.07, 6.45) is 7.14. The van der Waals surface area contributed by atoms with Crippen LogP contribution in [0.1, 0.15) is 22.3 Å². The van der Waals surface area contributed by atoms with E-state index in [9.17, 15) is 0 Å². The zero-order chi connectivity index (χ0) is 18.5. The summed E-state index contributed by atoms with van der Waals surface area (Å²) in [7, 11) is 0. The molecular weight excluding hydrogens is 348 g/mol. The largest absolute Gasteiger partial charge is 0.454 e. The third-order valence-corrected chi connectivity index (χ3v) is 5.11. The van der Waals surface area contributed by atoms with Crippen molar-refractivity contribution < 1.29 is 9.47 Å². The molecule has 132 valence electrons. The van der Waals surface area contributed by atoms with Gasteiger partial charge in [-0.05, 0) is 24.3 Å². The van der Waals surface area contributed by atoms with Gasteiger partial charge in [-0.15, -0.1) is 0 Å². The van der Waals surface area contributed by atoms with Crippen LogP contribution in [0.5, 0.6) is 23.0 Å². The van der Waals surface area contributed by atoms with Crippen LogP contribution >= 0.6 is 0 Å². The summed E-state index contributed by atoms with van der Waals surface area (Å²) in [6, 6.07) is 20.2. The molecule has 0 spiro atoms. The second-order valence-corrected chi connectivity index (χ2v) is 6.69. The van der Waals surface area contributed by atoms with Crippen LogP contribution < -0.4 is 9.47 Å². The first-order valence-corrected chi connectivity index (χ1v) is 9.08. The highest BCUT2D eigenvalue weighted by molar-refractivity contribution is 6.09. The van der Waals surface area contributed by atoms with Crippen LogP contribution in [0.4, 0.5) is 0 Å². The van der Waals surface area contributed by atoms with Crippen LogP contribution in [0.2, 0.25) is 0 Å². The predicted molar refractivity (Wildman–Crippen MR) is 107 cm³/mol. The second-order valence-electron chi connectivity index (χ2n) is 6.69. The first-order valence-electron chi connectivity index (χ1n) is 9.08. The topological polar surface area (TPSA) is 44.2 Å². The summed E-state index contributed by atoms with van der Waals surface area (Å²) in [4.78, 5) is 8.51. The average molecular weight is 362 g/mol. The van der Waals surface area contributed by atoms with Gasteiger partial charge in [0.05, 0.1) is 12.4 Å². The summed E-state index contributed by atoms with van der Waals surface area (Å²) >= 11 is 0. The molecule has 0 unspecified atom stereocenters. The van der Waals surface area contributed by atoms with E-state index >= 15 is 0 Å². The molecule has 28 heavy (non-hydrogen) atoms. The van der Waals surface area contributed by atoms with Crippen molar-refractivity contribution in [3.05, 3.63) is 108 Å². The number of para-hydroxylation sites is 2. The first-order chi connectivity index (χ1) is 13.9. The molecule has 2 aromatic carbocycles. The monoisotopic (exact) mass is 362 g/mol. The van der Waals surface area contributed by atoms with Crippen molar-refractivity contribution in [1.82, 2.24) is 9.97 Å². The van der Waals surface area contributed by atoms with E-state index in [1.54, 1.807) is 24.8 Å². The summed E-state index contributed by atoms with van der Waals surface area (Å²) < 4.78 is 12.3. The second kappa shape index (κ2) is 5.79. The Labute approximate surface area is 161 Å². The fraction of sp³-hybridized carbons (Fsp3) is 0. The van der Waals surface area contributed by atoms with Gasteiger partial charge in [0, 0.05) is 45.8 Å². The van der Waals surface area contributed by atoms with Crippen molar-refractivity contribution in [1.29, 1.82) is 0 Å². The first kappa shape index (κ1) is 15.2. The van der Waals surface area contributed by atoms with Gasteiger partial charge in [-0.1, -0.05) is 36.4 Å². The van der Waals surface area contributed by atoms with Crippen molar-refractivity contribution in [3.63, 3.8) is 0 Å². The molecule has 6 rings (SSSR count). The SMILES string of the molecule is c1ccc2c(c1)Oc1cnccc1/C2=C1\c2ccccc2Oc2cnccc21. The Morgan fingerprint density at radius 1 is 0.464 bits per heavy atom. The van der Waals surface area contributed by atoms with Crippen LogP contribution in [-0.4, -0.2) is 9.97 Å². The van der Waals surface area contributed by atoms with E-state index in [2.05, 4.69) is 22.1 Å². The Kier molecular flexibility index (Phi) is 3.14. The third-order valence-electron chi connectivity index (χ3n) is 5.11. The average Bonchev–Trinajstić information content (AvgIpc) is 2.76. The molecule has 2 aliphatic heterocycles. The molecule has 0 saturated heterocycles. The fourth-order valence-corrected chi connectivity index (χ4v) is 3.93. The summed E-state index contributed by atoms with van der Waals surface area (Å²) in [5, 5.41) is 0. The predicted octanol–water partition coefficient (Wildman–Crippen LogP) is 5.70. The van der Waals surface area contributed by atoms with Gasteiger partial charge in [0.2, 0.25) is 0 Å². The van der Waals surface area contributed by atoms with Crippen LogP contribution in [0.25, 0.3) is 11.1 Å². The minimum absolute atomic E-state index is 0.753. The maximum absolute atomic E-state index is 6.13. The molecule has 2 aliphatic rings. The zero-order valence-corrected chi connectivity index (χ0v) is 14.8. The van der Waals surface area contributed by atoms with Crippen LogP contribution in [0, 0.1) is 0 Å². The molecule has 4 heteroatoms. The molecule has 2 aromatic heterocycles. The van der Waals surface area contributed by atoms with Gasteiger partial charge >= 0.3 is 0 Å². The maximum Gasteiger partial charge on any atom is 0.153 e. The Morgan fingerprint density at radius 2 is 0.893 bits per heavy atom. The summed E-state index contributed by atoms with van der Waals surface area (Å²) in [5.74, 6) is 3.15. The number of aromatic nitrogens is 2. The highest BCUT2D eigenvalue weighted by Gasteiger charge is 2.30. The van der Waals surface area contributed by atoms with E-state index in [4.69, 9.17) is 9.47 Å². The standard InChI is InChI=1S/C24H14N2O2/c1-3-7-19-15(5-1)23(17-9-11-25-13-21(17)27-19)24-16-6-2-4-8-20(16)28-22-14-26-12-10-18(22)24/h1-14H/b24-23+. The van der Waals surface area contributed by atoms with Crippen molar-refractivity contribution in [2.45, 2.75) is 0 Å². The zero-order valence-electron chi connectivity index (χ0n) is 14.8. The molecular formula is C24H14N2O2. The normalized spacial score (nSPS) is 16.0. The number of ether oxygens (including phenoxy) is 2. The van der Waals surface area contributed by atoms with Crippen LogP contribution in [0.15, 0.2) is 85.5 Å². The molecule has 0 atom stereocenters. The number of nitrogens with zero attached hydrogens (tertiary/aromatic N) is 2.